The van der Waals surface area contributed by atoms with Gasteiger partial charge in [-0.25, -0.2) is 15.0 Å². The highest BCUT2D eigenvalue weighted by Gasteiger charge is 2.53. The first-order valence-corrected chi connectivity index (χ1v) is 9.35. The molecule has 0 aliphatic carbocycles. The molecule has 2 aromatic heterocycles. The van der Waals surface area contributed by atoms with Crippen LogP contribution in [0.5, 0.6) is 17.2 Å². The summed E-state index contributed by atoms with van der Waals surface area (Å²) in [4.78, 5) is 12.9. The van der Waals surface area contributed by atoms with Crippen molar-refractivity contribution in [2.75, 3.05) is 13.4 Å². The molecule has 4 aromatic rings. The van der Waals surface area contributed by atoms with Crippen LogP contribution in [0.3, 0.4) is 0 Å². The fourth-order valence-corrected chi connectivity index (χ4v) is 4.86. The van der Waals surface area contributed by atoms with Crippen LogP contribution < -0.4 is 14.2 Å². The summed E-state index contributed by atoms with van der Waals surface area (Å²) in [6.07, 6.45) is 9.02. The Morgan fingerprint density at radius 2 is 1.76 bits per heavy atom. The lowest BCUT2D eigenvalue weighted by molar-refractivity contribution is 0.173. The third-order valence-corrected chi connectivity index (χ3v) is 6.05. The summed E-state index contributed by atoms with van der Waals surface area (Å²) < 4.78 is 19.6. The molecule has 0 amide bonds. The Balaban J connectivity index is 1.58. The van der Waals surface area contributed by atoms with Crippen LogP contribution in [0, 0.1) is 0 Å². The van der Waals surface area contributed by atoms with Crippen LogP contribution in [0.1, 0.15) is 16.8 Å². The average Bonchev–Trinajstić information content (AvgIpc) is 3.53. The van der Waals surface area contributed by atoms with E-state index >= 15 is 0 Å². The Morgan fingerprint density at radius 1 is 0.897 bits per heavy atom. The molecule has 7 nitrogen and oxygen atoms in total. The van der Waals surface area contributed by atoms with Gasteiger partial charge in [-0.3, -0.25) is 0 Å². The van der Waals surface area contributed by atoms with Crippen LogP contribution in [0.15, 0.2) is 61.6 Å². The minimum atomic E-state index is -0.491. The molecule has 7 rings (SSSR count). The van der Waals surface area contributed by atoms with Crippen molar-refractivity contribution in [3.05, 3.63) is 78.4 Å². The van der Waals surface area contributed by atoms with Crippen molar-refractivity contribution in [2.45, 2.75) is 5.41 Å². The number of hydrogen-bond acceptors (Lipinski definition) is 6. The Kier molecular flexibility index (Phi) is 2.67. The SMILES string of the molecule is c1cc(-c2cncnc2)c2c(c1)-n1cncc1C21COc2cc3c(cc21)OCO3. The van der Waals surface area contributed by atoms with Crippen molar-refractivity contribution in [3.63, 3.8) is 0 Å². The van der Waals surface area contributed by atoms with Gasteiger partial charge in [-0.05, 0) is 17.7 Å². The zero-order valence-corrected chi connectivity index (χ0v) is 15.2. The highest BCUT2D eigenvalue weighted by atomic mass is 16.7. The minimum Gasteiger partial charge on any atom is -0.491 e. The molecule has 0 saturated heterocycles. The third kappa shape index (κ3) is 1.75. The van der Waals surface area contributed by atoms with Crippen LogP contribution in [0.2, 0.25) is 0 Å². The zero-order chi connectivity index (χ0) is 19.0. The monoisotopic (exact) mass is 382 g/mol. The van der Waals surface area contributed by atoms with Gasteiger partial charge in [0.2, 0.25) is 6.79 Å². The molecular formula is C22H14N4O3. The van der Waals surface area contributed by atoms with Crippen molar-refractivity contribution in [3.8, 4) is 34.1 Å². The number of imidazole rings is 1. The molecule has 29 heavy (non-hydrogen) atoms. The van der Waals surface area contributed by atoms with E-state index in [0.717, 1.165) is 45.3 Å². The van der Waals surface area contributed by atoms with Gasteiger partial charge >= 0.3 is 0 Å². The average molecular weight is 382 g/mol. The summed E-state index contributed by atoms with van der Waals surface area (Å²) >= 11 is 0. The van der Waals surface area contributed by atoms with Gasteiger partial charge in [-0.2, -0.15) is 0 Å². The number of fused-ring (bicyclic) bond motifs is 8. The van der Waals surface area contributed by atoms with Crippen LogP contribution >= 0.6 is 0 Å². The smallest absolute Gasteiger partial charge is 0.231 e. The summed E-state index contributed by atoms with van der Waals surface area (Å²) in [5, 5.41) is 0. The molecule has 140 valence electrons. The molecule has 0 N–H and O–H groups in total. The van der Waals surface area contributed by atoms with Crippen LogP contribution in [0.4, 0.5) is 0 Å². The lowest BCUT2D eigenvalue weighted by Gasteiger charge is -2.25. The summed E-state index contributed by atoms with van der Waals surface area (Å²) in [5.74, 6) is 2.28. The van der Waals surface area contributed by atoms with Crippen LogP contribution in [-0.4, -0.2) is 32.9 Å². The van der Waals surface area contributed by atoms with E-state index in [-0.39, 0.29) is 6.79 Å². The fraction of sp³-hybridized carbons (Fsp3) is 0.136. The second-order valence-corrected chi connectivity index (χ2v) is 7.37. The highest BCUT2D eigenvalue weighted by Crippen LogP contribution is 2.58. The van der Waals surface area contributed by atoms with E-state index in [2.05, 4.69) is 43.8 Å². The van der Waals surface area contributed by atoms with E-state index in [4.69, 9.17) is 14.2 Å². The zero-order valence-electron chi connectivity index (χ0n) is 15.2. The second kappa shape index (κ2) is 5.14. The van der Waals surface area contributed by atoms with Crippen LogP contribution in [0.25, 0.3) is 16.8 Å². The summed E-state index contributed by atoms with van der Waals surface area (Å²) in [7, 11) is 0. The van der Waals surface area contributed by atoms with Gasteiger partial charge < -0.3 is 18.8 Å². The van der Waals surface area contributed by atoms with Gasteiger partial charge in [0.25, 0.3) is 0 Å². The van der Waals surface area contributed by atoms with E-state index < -0.39 is 5.41 Å². The molecule has 1 atom stereocenters. The molecule has 3 aliphatic rings. The Morgan fingerprint density at radius 3 is 2.66 bits per heavy atom. The molecule has 0 saturated carbocycles. The van der Waals surface area contributed by atoms with Crippen molar-refractivity contribution in [1.29, 1.82) is 0 Å². The van der Waals surface area contributed by atoms with Gasteiger partial charge in [-0.1, -0.05) is 12.1 Å². The van der Waals surface area contributed by atoms with Gasteiger partial charge in [0.05, 0.1) is 17.7 Å². The van der Waals surface area contributed by atoms with Crippen molar-refractivity contribution in [1.82, 2.24) is 19.5 Å². The van der Waals surface area contributed by atoms with E-state index in [0.29, 0.717) is 6.61 Å². The van der Waals surface area contributed by atoms with E-state index in [9.17, 15) is 0 Å². The van der Waals surface area contributed by atoms with E-state index in [1.807, 2.05) is 31.0 Å². The lowest BCUT2D eigenvalue weighted by atomic mass is 9.72. The van der Waals surface area contributed by atoms with Gasteiger partial charge in [-0.15, -0.1) is 0 Å². The number of nitrogens with zero attached hydrogens (tertiary/aromatic N) is 4. The van der Waals surface area contributed by atoms with Crippen molar-refractivity contribution in [2.24, 2.45) is 0 Å². The molecule has 5 heterocycles. The molecule has 1 unspecified atom stereocenters. The molecule has 2 aromatic carbocycles. The van der Waals surface area contributed by atoms with E-state index in [1.165, 1.54) is 5.56 Å². The maximum atomic E-state index is 6.23. The predicted octanol–water partition coefficient (Wildman–Crippen LogP) is 3.10. The normalized spacial score (nSPS) is 19.7. The standard InChI is InChI=1S/C22H14N4O3/c1-2-14(13-6-23-10-24-7-13)21-16(3-1)26-11-25-8-20(26)22(21)9-27-17-5-19-18(4-15(17)22)28-12-29-19/h1-8,10-11H,9,12H2. The number of ether oxygens (including phenoxy) is 3. The van der Waals surface area contributed by atoms with E-state index in [1.54, 1.807) is 6.33 Å². The Hall–Kier alpha value is -3.87. The first kappa shape index (κ1) is 15.1. The highest BCUT2D eigenvalue weighted by molar-refractivity contribution is 5.80. The molecule has 1 spiro atoms. The van der Waals surface area contributed by atoms with Gasteiger partial charge in [0.15, 0.2) is 11.5 Å². The largest absolute Gasteiger partial charge is 0.491 e. The Bertz CT molecular complexity index is 1300. The first-order valence-electron chi connectivity index (χ1n) is 9.35. The topological polar surface area (TPSA) is 71.3 Å². The molecule has 0 radical (unpaired) electrons. The maximum Gasteiger partial charge on any atom is 0.231 e. The maximum absolute atomic E-state index is 6.23. The van der Waals surface area contributed by atoms with Gasteiger partial charge in [0, 0.05) is 41.3 Å². The lowest BCUT2D eigenvalue weighted by Crippen LogP contribution is -2.29. The summed E-state index contributed by atoms with van der Waals surface area (Å²) in [6.45, 7) is 0.709. The second-order valence-electron chi connectivity index (χ2n) is 7.37. The Labute approximate surface area is 165 Å². The fourth-order valence-electron chi connectivity index (χ4n) is 4.86. The quantitative estimate of drug-likeness (QED) is 0.504. The third-order valence-electron chi connectivity index (χ3n) is 6.05. The summed E-state index contributed by atoms with van der Waals surface area (Å²) in [5.41, 5.74) is 5.96. The minimum absolute atomic E-state index is 0.229. The van der Waals surface area contributed by atoms with Crippen LogP contribution in [-0.2, 0) is 5.41 Å². The van der Waals surface area contributed by atoms with Gasteiger partial charge in [0.1, 0.15) is 24.1 Å². The predicted molar refractivity (Wildman–Crippen MR) is 103 cm³/mol. The van der Waals surface area contributed by atoms with Crippen molar-refractivity contribution >= 4 is 0 Å². The molecule has 0 bridgehead atoms. The molecule has 3 aliphatic heterocycles. The molecular weight excluding hydrogens is 368 g/mol. The number of benzene rings is 2. The van der Waals surface area contributed by atoms with Crippen molar-refractivity contribution < 1.29 is 14.2 Å². The first-order chi connectivity index (χ1) is 14.4. The number of rotatable bonds is 1. The molecule has 7 heteroatoms. The number of hydrogen-bond donors (Lipinski definition) is 0. The number of aromatic nitrogens is 4. The molecule has 0 fully saturated rings. The summed E-state index contributed by atoms with van der Waals surface area (Å²) in [6, 6.07) is 10.3.